The fourth-order valence-corrected chi connectivity index (χ4v) is 3.91. The Morgan fingerprint density at radius 3 is 2.28 bits per heavy atom. The molecule has 0 bridgehead atoms. The largest absolute Gasteiger partial charge is 0.481 e. The second-order valence-corrected chi connectivity index (χ2v) is 8.17. The summed E-state index contributed by atoms with van der Waals surface area (Å²) in [7, 11) is 2.16. The van der Waals surface area contributed by atoms with Crippen LogP contribution < -0.4 is 10.6 Å². The molecule has 0 radical (unpaired) electrons. The lowest BCUT2D eigenvalue weighted by atomic mass is 10.2. The minimum Gasteiger partial charge on any atom is -0.481 e. The van der Waals surface area contributed by atoms with E-state index in [-0.39, 0.29) is 18.2 Å². The first kappa shape index (κ1) is 23.6. The van der Waals surface area contributed by atoms with Crippen molar-refractivity contribution < 1.29 is 19.5 Å². The van der Waals surface area contributed by atoms with Gasteiger partial charge in [-0.15, -0.1) is 0 Å². The Labute approximate surface area is 173 Å². The molecule has 2 fully saturated rings. The number of carboxylic acids is 1. The number of carbonyl (C=O) groups is 3. The van der Waals surface area contributed by atoms with Crippen LogP contribution >= 0.6 is 0 Å². The maximum atomic E-state index is 12.3. The fourth-order valence-electron chi connectivity index (χ4n) is 3.91. The van der Waals surface area contributed by atoms with E-state index >= 15 is 0 Å². The van der Waals surface area contributed by atoms with E-state index in [1.54, 1.807) is 0 Å². The zero-order chi connectivity index (χ0) is 21.1. The Balaban J connectivity index is 1.55. The molecule has 1 atom stereocenters. The summed E-state index contributed by atoms with van der Waals surface area (Å²) in [6.07, 6.45) is 3.71. The minimum absolute atomic E-state index is 0.0251. The van der Waals surface area contributed by atoms with Gasteiger partial charge in [0.2, 0.25) is 11.8 Å². The van der Waals surface area contributed by atoms with Gasteiger partial charge in [0, 0.05) is 64.7 Å². The molecular formula is C20H37N5O4. The highest BCUT2D eigenvalue weighted by Gasteiger charge is 2.28. The molecule has 2 rings (SSSR count). The fraction of sp³-hybridized carbons (Fsp3) is 0.850. The molecule has 9 heteroatoms. The molecule has 2 aliphatic heterocycles. The van der Waals surface area contributed by atoms with E-state index < -0.39 is 5.97 Å². The number of amides is 2. The van der Waals surface area contributed by atoms with Crippen LogP contribution in [0.1, 0.15) is 38.5 Å². The molecule has 0 aromatic heterocycles. The second-order valence-electron chi connectivity index (χ2n) is 8.17. The summed E-state index contributed by atoms with van der Waals surface area (Å²) in [6.45, 7) is 7.74. The van der Waals surface area contributed by atoms with Gasteiger partial charge in [-0.3, -0.25) is 24.2 Å². The van der Waals surface area contributed by atoms with Crippen LogP contribution in [-0.4, -0.2) is 110 Å². The predicted molar refractivity (Wildman–Crippen MR) is 111 cm³/mol. The third kappa shape index (κ3) is 9.56. The summed E-state index contributed by atoms with van der Waals surface area (Å²) in [4.78, 5) is 41.5. The van der Waals surface area contributed by atoms with Gasteiger partial charge in [-0.2, -0.15) is 0 Å². The average Bonchev–Trinajstić information content (AvgIpc) is 3.10. The number of likely N-dealkylation sites (tertiary alicyclic amines) is 1. The van der Waals surface area contributed by atoms with E-state index in [9.17, 15) is 14.4 Å². The van der Waals surface area contributed by atoms with Crippen molar-refractivity contribution in [2.24, 2.45) is 0 Å². The standard InChI is InChI=1S/C20H37N5O4/c1-23-11-13-24(14-12-23)15-17-5-4-10-25(17)16-19(27)22-8-2-6-18(26)21-9-3-7-20(28)29/h17H,2-16H2,1H3,(H,21,26)(H,22,27)(H,28,29)/i2+1,6+1,7+1,8+1,11+1,13+1,18+1,19+1,20+1,22+1,24+1,25+1. The van der Waals surface area contributed by atoms with Gasteiger partial charge in [-0.1, -0.05) is 0 Å². The third-order valence-electron chi connectivity index (χ3n) is 5.70. The second kappa shape index (κ2) is 12.8. The quantitative estimate of drug-likeness (QED) is 0.222. The molecule has 2 amide bonds. The molecule has 2 heterocycles. The van der Waals surface area contributed by atoms with E-state index in [1.165, 1.54) is 0 Å². The van der Waals surface area contributed by atoms with E-state index in [4.69, 9.17) is 5.11 Å². The summed E-state index contributed by atoms with van der Waals surface area (Å²) in [5.74, 6) is -0.931. The van der Waals surface area contributed by atoms with Crippen LogP contribution in [0.5, 0.6) is 0 Å². The van der Waals surface area contributed by atoms with Crippen LogP contribution in [0.4, 0.5) is 0 Å². The van der Waals surface area contributed by atoms with Crippen molar-refractivity contribution >= 4 is 17.8 Å². The topological polar surface area (TPSA) is 105 Å². The molecule has 1 unspecified atom stereocenters. The van der Waals surface area contributed by atoms with Crippen LogP contribution in [0.25, 0.3) is 0 Å². The van der Waals surface area contributed by atoms with Crippen LogP contribution in [-0.2, 0) is 14.4 Å². The molecule has 2 aliphatic rings. The number of rotatable bonds is 12. The minimum atomic E-state index is -0.856. The lowest BCUT2D eigenvalue weighted by Gasteiger charge is -2.36. The van der Waals surface area contributed by atoms with Crippen molar-refractivity contribution in [2.45, 2.75) is 44.6 Å². The maximum Gasteiger partial charge on any atom is 0.303 e. The van der Waals surface area contributed by atoms with Gasteiger partial charge in [-0.25, -0.2) is 0 Å². The highest BCUT2D eigenvalue weighted by Crippen LogP contribution is 2.18. The number of hydrogen-bond donors (Lipinski definition) is 3. The molecule has 0 aromatic rings. The third-order valence-corrected chi connectivity index (χ3v) is 5.70. The van der Waals surface area contributed by atoms with Crippen molar-refractivity contribution in [3.63, 3.8) is 0 Å². The number of carboxylic acid groups (broad SMARTS) is 1. The van der Waals surface area contributed by atoms with Crippen LogP contribution in [0.3, 0.4) is 0 Å². The summed E-state index contributed by atoms with van der Waals surface area (Å²) in [5.41, 5.74) is 0. The first-order valence-electron chi connectivity index (χ1n) is 10.8. The molecule has 0 aliphatic carbocycles. The lowest BCUT2D eigenvalue weighted by Crippen LogP contribution is -2.50. The molecule has 0 aromatic carbocycles. The number of likely N-dealkylation sites (N-methyl/N-ethyl adjacent to an activating group) is 1. The van der Waals surface area contributed by atoms with Gasteiger partial charge in [0.15, 0.2) is 0 Å². The van der Waals surface area contributed by atoms with Crippen LogP contribution in [0.15, 0.2) is 0 Å². The zero-order valence-electron chi connectivity index (χ0n) is 17.7. The smallest absolute Gasteiger partial charge is 0.303 e. The van der Waals surface area contributed by atoms with Crippen LogP contribution in [0.2, 0.25) is 0 Å². The molecule has 166 valence electrons. The predicted octanol–water partition coefficient (Wildman–Crippen LogP) is -0.424. The number of nitrogens with one attached hydrogen (secondary N) is 2. The van der Waals surface area contributed by atoms with E-state index in [2.05, 4.69) is 32.4 Å². The van der Waals surface area contributed by atoms with Gasteiger partial charge < -0.3 is 20.6 Å². The highest BCUT2D eigenvalue weighted by molar-refractivity contribution is 5.78. The van der Waals surface area contributed by atoms with Gasteiger partial charge >= 0.3 is 5.97 Å². The van der Waals surface area contributed by atoms with Gasteiger partial charge in [-0.05, 0) is 39.3 Å². The van der Waals surface area contributed by atoms with Crippen molar-refractivity contribution in [1.82, 2.24) is 25.3 Å². The Hall–Kier alpha value is -1.71. The molecule has 29 heavy (non-hydrogen) atoms. The maximum absolute atomic E-state index is 12.3. The summed E-state index contributed by atoms with van der Waals surface area (Å²) >= 11 is 0. The lowest BCUT2D eigenvalue weighted by molar-refractivity contribution is -0.137. The molecule has 0 saturated carbocycles. The first-order chi connectivity index (χ1) is 13.9. The Bertz CT molecular complexity index is 537. The Kier molecular flexibility index (Phi) is 10.4. The monoisotopic (exact) mass is 423 g/mol. The van der Waals surface area contributed by atoms with Crippen LogP contribution in [0, 0.1) is 0 Å². The molecule has 2 saturated heterocycles. The van der Waals surface area contributed by atoms with E-state index in [0.717, 1.165) is 52.1 Å². The summed E-state index contributed by atoms with van der Waals surface area (Å²) < 4.78 is 0. The number of nitrogens with zero attached hydrogens (tertiary/aromatic N) is 3. The Morgan fingerprint density at radius 1 is 0.931 bits per heavy atom. The number of carbonyl (C=O) groups excluding carboxylic acids is 2. The zero-order valence-corrected chi connectivity index (χ0v) is 17.7. The average molecular weight is 423 g/mol. The Morgan fingerprint density at radius 2 is 1.59 bits per heavy atom. The molecule has 9 nitrogen and oxygen atoms in total. The SMILES string of the molecule is CN1CC[15N](CC2CCC[15N]2C[13C](=O)[15NH][13CH2][13CH2][13CH2][13C](=O)NCC[13CH2][13C](=O)O)[13CH2][13CH2]1. The van der Waals surface area contributed by atoms with Crippen molar-refractivity contribution in [3.8, 4) is 0 Å². The molecule has 3 N–H and O–H groups in total. The highest BCUT2D eigenvalue weighted by atomic mass is 16.5. The van der Waals surface area contributed by atoms with E-state index in [0.29, 0.717) is 44.9 Å². The molecule has 0 spiro atoms. The van der Waals surface area contributed by atoms with Gasteiger partial charge in [0.05, 0.1) is 6.54 Å². The van der Waals surface area contributed by atoms with Gasteiger partial charge in [0.25, 0.3) is 0 Å². The van der Waals surface area contributed by atoms with Crippen molar-refractivity contribution in [3.05, 3.63) is 0 Å². The van der Waals surface area contributed by atoms with Gasteiger partial charge in [0.1, 0.15) is 0 Å². The van der Waals surface area contributed by atoms with E-state index in [1.807, 2.05) is 0 Å². The first-order valence-corrected chi connectivity index (χ1v) is 10.8. The number of piperazine rings is 1. The van der Waals surface area contributed by atoms with Crippen molar-refractivity contribution in [2.75, 3.05) is 66.0 Å². The number of aliphatic carboxylic acids is 1. The number of hydrogen-bond acceptors (Lipinski definition) is 6. The summed E-state index contributed by atoms with van der Waals surface area (Å²) in [6, 6.07) is 0.459. The van der Waals surface area contributed by atoms with Crippen molar-refractivity contribution in [1.29, 1.82) is 0 Å². The molecular weight excluding hydrogens is 386 g/mol. The normalized spacial score (nSPS) is 21.2. The summed E-state index contributed by atoms with van der Waals surface area (Å²) in [5, 5.41) is 14.2.